The van der Waals surface area contributed by atoms with E-state index in [2.05, 4.69) is 19.2 Å². The van der Waals surface area contributed by atoms with Gasteiger partial charge >= 0.3 is 0 Å². The largest absolute Gasteiger partial charge is 0.185 e. The van der Waals surface area contributed by atoms with E-state index in [-0.39, 0.29) is 0 Å². The van der Waals surface area contributed by atoms with Crippen molar-refractivity contribution in [2.45, 2.75) is 25.9 Å². The zero-order valence-corrected chi connectivity index (χ0v) is 8.03. The van der Waals surface area contributed by atoms with Crippen LogP contribution in [0.25, 0.3) is 0 Å². The number of hydrogen-bond acceptors (Lipinski definition) is 2. The van der Waals surface area contributed by atoms with Crippen LogP contribution >= 0.6 is 11.8 Å². The minimum atomic E-state index is -0.469. The minimum absolute atomic E-state index is 0.469. The van der Waals surface area contributed by atoms with Crippen LogP contribution in [0.1, 0.15) is 13.8 Å². The average Bonchev–Trinajstić information content (AvgIpc) is 1.91. The molecule has 0 aromatic heterocycles. The zero-order valence-electron chi connectivity index (χ0n) is 6.05. The number of rotatable bonds is 4. The van der Waals surface area contributed by atoms with Crippen LogP contribution in [0.2, 0.25) is 12.1 Å². The normalized spacial score (nSPS) is 9.56. The van der Waals surface area contributed by atoms with Crippen LogP contribution in [0.15, 0.2) is 0 Å². The maximum absolute atomic E-state index is 8.24. The lowest BCUT2D eigenvalue weighted by atomic mass is 10.9. The summed E-state index contributed by atoms with van der Waals surface area (Å²) in [5.74, 6) is 0. The molecule has 0 saturated heterocycles. The quantitative estimate of drug-likeness (QED) is 0.463. The predicted octanol–water partition coefficient (Wildman–Crippen LogP) is 2.01. The highest BCUT2D eigenvalue weighted by molar-refractivity contribution is 8.05. The molecule has 0 atom stereocenters. The van der Waals surface area contributed by atoms with Crippen molar-refractivity contribution in [1.29, 1.82) is 5.26 Å². The molecule has 0 spiro atoms. The molecule has 0 aliphatic carbocycles. The summed E-state index contributed by atoms with van der Waals surface area (Å²) in [5.41, 5.74) is 0. The summed E-state index contributed by atoms with van der Waals surface area (Å²) in [4.78, 5) is 0. The van der Waals surface area contributed by atoms with Crippen LogP contribution in [0.3, 0.4) is 0 Å². The van der Waals surface area contributed by atoms with E-state index in [0.717, 1.165) is 5.38 Å². The van der Waals surface area contributed by atoms with Gasteiger partial charge in [0.1, 0.15) is 5.40 Å². The SMILES string of the molecule is CC[SiH](CC)CSC#N. The van der Waals surface area contributed by atoms with Gasteiger partial charge in [-0.1, -0.05) is 25.9 Å². The smallest absolute Gasteiger partial charge is 0.133 e. The average molecular weight is 159 g/mol. The number of nitriles is 1. The highest BCUT2D eigenvalue weighted by atomic mass is 32.2. The molecule has 9 heavy (non-hydrogen) atoms. The van der Waals surface area contributed by atoms with Crippen LogP contribution in [-0.2, 0) is 0 Å². The van der Waals surface area contributed by atoms with E-state index in [1.165, 1.54) is 23.9 Å². The fourth-order valence-electron chi connectivity index (χ4n) is 0.679. The summed E-state index contributed by atoms with van der Waals surface area (Å²) >= 11 is 1.43. The van der Waals surface area contributed by atoms with Crippen molar-refractivity contribution in [3.63, 3.8) is 0 Å². The van der Waals surface area contributed by atoms with Crippen LogP contribution < -0.4 is 0 Å². The Hall–Kier alpha value is 0.0569. The summed E-state index contributed by atoms with van der Waals surface area (Å²) in [6.45, 7) is 4.47. The Bertz CT molecular complexity index is 95.7. The first-order chi connectivity index (χ1) is 4.35. The van der Waals surface area contributed by atoms with Gasteiger partial charge in [0, 0.05) is 8.80 Å². The Morgan fingerprint density at radius 3 is 2.33 bits per heavy atom. The second-order valence-electron chi connectivity index (χ2n) is 2.08. The van der Waals surface area contributed by atoms with Gasteiger partial charge in [-0.05, 0) is 17.1 Å². The fourth-order valence-corrected chi connectivity index (χ4v) is 4.38. The maximum atomic E-state index is 8.24. The molecule has 0 heterocycles. The molecule has 0 aromatic carbocycles. The molecule has 0 rings (SSSR count). The van der Waals surface area contributed by atoms with Gasteiger partial charge in [0.2, 0.25) is 0 Å². The molecule has 0 saturated carbocycles. The first-order valence-corrected chi connectivity index (χ1v) is 6.79. The van der Waals surface area contributed by atoms with Crippen LogP contribution in [0, 0.1) is 10.7 Å². The second kappa shape index (κ2) is 6.18. The number of hydrogen-bond donors (Lipinski definition) is 0. The Morgan fingerprint density at radius 1 is 1.44 bits per heavy atom. The second-order valence-corrected chi connectivity index (χ2v) is 7.25. The molecule has 0 unspecified atom stereocenters. The molecular weight excluding hydrogens is 146 g/mol. The van der Waals surface area contributed by atoms with Gasteiger partial charge in [0.25, 0.3) is 0 Å². The van der Waals surface area contributed by atoms with Crippen molar-refractivity contribution in [2.24, 2.45) is 0 Å². The van der Waals surface area contributed by atoms with E-state index < -0.39 is 8.80 Å². The lowest BCUT2D eigenvalue weighted by Crippen LogP contribution is -2.12. The molecule has 0 aromatic rings. The third kappa shape index (κ3) is 4.55. The molecule has 0 N–H and O–H groups in total. The monoisotopic (exact) mass is 159 g/mol. The van der Waals surface area contributed by atoms with Crippen LogP contribution in [0.4, 0.5) is 0 Å². The van der Waals surface area contributed by atoms with E-state index in [1.54, 1.807) is 0 Å². The van der Waals surface area contributed by atoms with Crippen molar-refractivity contribution in [2.75, 3.05) is 5.38 Å². The topological polar surface area (TPSA) is 23.8 Å². The first-order valence-electron chi connectivity index (χ1n) is 3.36. The van der Waals surface area contributed by atoms with Crippen LogP contribution in [-0.4, -0.2) is 14.2 Å². The van der Waals surface area contributed by atoms with Gasteiger partial charge in [0.15, 0.2) is 0 Å². The summed E-state index contributed by atoms with van der Waals surface area (Å²) in [5, 5.41) is 11.5. The Labute approximate surface area is 63.1 Å². The molecule has 0 radical (unpaired) electrons. The predicted molar refractivity (Wildman–Crippen MR) is 46.2 cm³/mol. The van der Waals surface area contributed by atoms with Crippen molar-refractivity contribution in [3.8, 4) is 5.40 Å². The Kier molecular flexibility index (Phi) is 6.22. The lowest BCUT2D eigenvalue weighted by Gasteiger charge is -2.04. The fraction of sp³-hybridized carbons (Fsp3) is 0.833. The molecule has 52 valence electrons. The van der Waals surface area contributed by atoms with Crippen molar-refractivity contribution in [3.05, 3.63) is 0 Å². The summed E-state index contributed by atoms with van der Waals surface area (Å²) < 4.78 is 0. The molecule has 0 aliphatic rings. The standard InChI is InChI=1S/C6H13NSSi/c1-3-9(4-2)6-8-5-7/h9H,3-4,6H2,1-2H3. The van der Waals surface area contributed by atoms with Crippen LogP contribution in [0.5, 0.6) is 0 Å². The summed E-state index contributed by atoms with van der Waals surface area (Å²) in [7, 11) is -0.469. The Morgan fingerprint density at radius 2 is 2.00 bits per heavy atom. The number of nitrogens with zero attached hydrogens (tertiary/aromatic N) is 1. The van der Waals surface area contributed by atoms with E-state index >= 15 is 0 Å². The summed E-state index contributed by atoms with van der Waals surface area (Å²) in [6.07, 6.45) is 0. The van der Waals surface area contributed by atoms with E-state index in [0.29, 0.717) is 0 Å². The minimum Gasteiger partial charge on any atom is -0.185 e. The van der Waals surface area contributed by atoms with E-state index in [1.807, 2.05) is 0 Å². The molecular formula is C6H13NSSi. The third-order valence-corrected chi connectivity index (χ3v) is 6.53. The van der Waals surface area contributed by atoms with E-state index in [9.17, 15) is 0 Å². The highest BCUT2D eigenvalue weighted by Crippen LogP contribution is 2.05. The Balaban J connectivity index is 3.22. The van der Waals surface area contributed by atoms with E-state index in [4.69, 9.17) is 5.26 Å². The van der Waals surface area contributed by atoms with Gasteiger partial charge in [-0.15, -0.1) is 0 Å². The van der Waals surface area contributed by atoms with Gasteiger partial charge < -0.3 is 0 Å². The van der Waals surface area contributed by atoms with Crippen molar-refractivity contribution >= 4 is 20.6 Å². The van der Waals surface area contributed by atoms with Crippen molar-refractivity contribution in [1.82, 2.24) is 0 Å². The first kappa shape index (κ1) is 9.06. The zero-order chi connectivity index (χ0) is 7.11. The third-order valence-electron chi connectivity index (χ3n) is 1.54. The molecule has 3 heteroatoms. The van der Waals surface area contributed by atoms with Gasteiger partial charge in [-0.3, -0.25) is 0 Å². The lowest BCUT2D eigenvalue weighted by molar-refractivity contribution is 1.31. The number of thiocyanates is 1. The summed E-state index contributed by atoms with van der Waals surface area (Å²) in [6, 6.07) is 2.68. The molecule has 0 fully saturated rings. The molecule has 0 aliphatic heterocycles. The van der Waals surface area contributed by atoms with Gasteiger partial charge in [-0.25, -0.2) is 0 Å². The number of thioether (sulfide) groups is 1. The maximum Gasteiger partial charge on any atom is 0.133 e. The highest BCUT2D eigenvalue weighted by Gasteiger charge is 2.03. The molecule has 1 nitrogen and oxygen atoms in total. The van der Waals surface area contributed by atoms with Crippen molar-refractivity contribution < 1.29 is 0 Å². The van der Waals surface area contributed by atoms with Gasteiger partial charge in [-0.2, -0.15) is 5.26 Å². The molecule has 0 bridgehead atoms. The molecule has 0 amide bonds. The van der Waals surface area contributed by atoms with Gasteiger partial charge in [0.05, 0.1) is 0 Å².